The number of amides is 3. The SMILES string of the molecule is CC(C)[C@H](N)C(=O)NCC(=O)N[C@@H](C)C(=O)N[C@@H](CCC(=O)O)C(=O)O. The zero-order valence-electron chi connectivity index (χ0n) is 14.9. The third kappa shape index (κ3) is 8.97. The number of rotatable bonds is 11. The van der Waals surface area contributed by atoms with Crippen LogP contribution in [0.5, 0.6) is 0 Å². The molecule has 26 heavy (non-hydrogen) atoms. The topological polar surface area (TPSA) is 188 Å². The Bertz CT molecular complexity index is 550. The van der Waals surface area contributed by atoms with Crippen molar-refractivity contribution in [3.63, 3.8) is 0 Å². The fourth-order valence-corrected chi connectivity index (χ4v) is 1.77. The van der Waals surface area contributed by atoms with Crippen LogP contribution in [0.25, 0.3) is 0 Å². The summed E-state index contributed by atoms with van der Waals surface area (Å²) in [5.74, 6) is -4.64. The molecule has 3 amide bonds. The van der Waals surface area contributed by atoms with Gasteiger partial charge in [-0.1, -0.05) is 13.8 Å². The average molecular weight is 374 g/mol. The first kappa shape index (κ1) is 23.3. The molecule has 11 heteroatoms. The van der Waals surface area contributed by atoms with Crippen molar-refractivity contribution < 1.29 is 34.2 Å². The van der Waals surface area contributed by atoms with Crippen molar-refractivity contribution in [2.45, 2.75) is 51.7 Å². The summed E-state index contributed by atoms with van der Waals surface area (Å²) in [5, 5.41) is 24.3. The summed E-state index contributed by atoms with van der Waals surface area (Å²) in [6.45, 7) is 4.43. The Kier molecular flexibility index (Phi) is 9.89. The van der Waals surface area contributed by atoms with E-state index in [9.17, 15) is 24.0 Å². The molecule has 0 unspecified atom stereocenters. The first-order valence-electron chi connectivity index (χ1n) is 8.03. The van der Waals surface area contributed by atoms with Gasteiger partial charge in [0.05, 0.1) is 12.6 Å². The smallest absolute Gasteiger partial charge is 0.326 e. The molecule has 3 atom stereocenters. The number of hydrogen-bond acceptors (Lipinski definition) is 6. The van der Waals surface area contributed by atoms with E-state index in [4.69, 9.17) is 15.9 Å². The van der Waals surface area contributed by atoms with Gasteiger partial charge in [0.15, 0.2) is 0 Å². The van der Waals surface area contributed by atoms with Gasteiger partial charge in [0.25, 0.3) is 0 Å². The number of carboxylic acids is 2. The van der Waals surface area contributed by atoms with Gasteiger partial charge in [-0.15, -0.1) is 0 Å². The van der Waals surface area contributed by atoms with Crippen LogP contribution in [0.1, 0.15) is 33.6 Å². The zero-order chi connectivity index (χ0) is 20.4. The summed E-state index contributed by atoms with van der Waals surface area (Å²) < 4.78 is 0. The monoisotopic (exact) mass is 374 g/mol. The molecule has 0 aliphatic carbocycles. The number of nitrogens with one attached hydrogen (secondary N) is 3. The molecule has 0 aromatic rings. The van der Waals surface area contributed by atoms with Crippen molar-refractivity contribution in [2.75, 3.05) is 6.54 Å². The molecular weight excluding hydrogens is 348 g/mol. The predicted molar refractivity (Wildman–Crippen MR) is 89.9 cm³/mol. The number of carbonyl (C=O) groups is 5. The lowest BCUT2D eigenvalue weighted by atomic mass is 10.1. The highest BCUT2D eigenvalue weighted by Crippen LogP contribution is 1.99. The van der Waals surface area contributed by atoms with Crippen LogP contribution >= 0.6 is 0 Å². The number of carbonyl (C=O) groups excluding carboxylic acids is 3. The second-order valence-electron chi connectivity index (χ2n) is 6.11. The molecule has 11 nitrogen and oxygen atoms in total. The minimum absolute atomic E-state index is 0.110. The lowest BCUT2D eigenvalue weighted by Crippen LogP contribution is -2.53. The van der Waals surface area contributed by atoms with E-state index in [1.807, 2.05) is 0 Å². The lowest BCUT2D eigenvalue weighted by molar-refractivity contribution is -0.143. The fourth-order valence-electron chi connectivity index (χ4n) is 1.77. The molecule has 0 saturated heterocycles. The van der Waals surface area contributed by atoms with Crippen molar-refractivity contribution in [1.82, 2.24) is 16.0 Å². The van der Waals surface area contributed by atoms with Crippen LogP contribution in [0, 0.1) is 5.92 Å². The van der Waals surface area contributed by atoms with Crippen molar-refractivity contribution >= 4 is 29.7 Å². The Morgan fingerprint density at radius 2 is 1.54 bits per heavy atom. The molecular formula is C15H26N4O7. The van der Waals surface area contributed by atoms with Crippen molar-refractivity contribution in [3.8, 4) is 0 Å². The molecule has 0 radical (unpaired) electrons. The highest BCUT2D eigenvalue weighted by molar-refractivity contribution is 5.92. The van der Waals surface area contributed by atoms with E-state index >= 15 is 0 Å². The summed E-state index contributed by atoms with van der Waals surface area (Å²) in [5.41, 5.74) is 5.62. The van der Waals surface area contributed by atoms with Crippen LogP contribution in [0.15, 0.2) is 0 Å². The summed E-state index contributed by atoms with van der Waals surface area (Å²) in [6.07, 6.45) is -0.722. The van der Waals surface area contributed by atoms with Crippen LogP contribution in [0.2, 0.25) is 0 Å². The van der Waals surface area contributed by atoms with Crippen LogP contribution in [-0.2, 0) is 24.0 Å². The van der Waals surface area contributed by atoms with Crippen LogP contribution < -0.4 is 21.7 Å². The summed E-state index contributed by atoms with van der Waals surface area (Å²) in [6, 6.07) is -3.24. The largest absolute Gasteiger partial charge is 0.481 e. The highest BCUT2D eigenvalue weighted by Gasteiger charge is 2.25. The minimum atomic E-state index is -1.39. The molecule has 0 fully saturated rings. The second-order valence-corrected chi connectivity index (χ2v) is 6.11. The van der Waals surface area contributed by atoms with E-state index < -0.39 is 60.8 Å². The molecule has 7 N–H and O–H groups in total. The quantitative estimate of drug-likeness (QED) is 0.240. The standard InChI is InChI=1S/C15H26N4O7/c1-7(2)12(16)14(24)17-6-10(20)18-8(3)13(23)19-9(15(25)26)4-5-11(21)22/h7-9,12H,4-6,16H2,1-3H3,(H,17,24)(H,18,20)(H,19,23)(H,21,22)(H,25,26)/t8-,9-,12-/m0/s1. The Hall–Kier alpha value is -2.69. The van der Waals surface area contributed by atoms with Crippen molar-refractivity contribution in [3.05, 3.63) is 0 Å². The number of aliphatic carboxylic acids is 2. The predicted octanol–water partition coefficient (Wildman–Crippen LogP) is -1.98. The molecule has 0 spiro atoms. The van der Waals surface area contributed by atoms with E-state index in [0.717, 1.165) is 0 Å². The molecule has 0 bridgehead atoms. The number of hydrogen-bond donors (Lipinski definition) is 6. The average Bonchev–Trinajstić information content (AvgIpc) is 2.54. The minimum Gasteiger partial charge on any atom is -0.481 e. The Balaban J connectivity index is 4.46. The van der Waals surface area contributed by atoms with Gasteiger partial charge in [0.1, 0.15) is 12.1 Å². The molecule has 0 aliphatic heterocycles. The van der Waals surface area contributed by atoms with Crippen LogP contribution in [-0.4, -0.2) is 64.5 Å². The Morgan fingerprint density at radius 1 is 0.962 bits per heavy atom. The normalized spacial score (nSPS) is 14.0. The second kappa shape index (κ2) is 11.0. The number of nitrogens with two attached hydrogens (primary N) is 1. The molecule has 0 aromatic carbocycles. The lowest BCUT2D eigenvalue weighted by Gasteiger charge is -2.19. The third-order valence-corrected chi connectivity index (χ3v) is 3.48. The maximum atomic E-state index is 11.9. The van der Waals surface area contributed by atoms with E-state index in [1.165, 1.54) is 6.92 Å². The highest BCUT2D eigenvalue weighted by atomic mass is 16.4. The van der Waals surface area contributed by atoms with Crippen molar-refractivity contribution in [1.29, 1.82) is 0 Å². The Labute approximate surface area is 150 Å². The van der Waals surface area contributed by atoms with Crippen LogP contribution in [0.4, 0.5) is 0 Å². The molecule has 0 saturated carbocycles. The summed E-state index contributed by atoms with van der Waals surface area (Å²) in [4.78, 5) is 56.9. The summed E-state index contributed by atoms with van der Waals surface area (Å²) in [7, 11) is 0. The fraction of sp³-hybridized carbons (Fsp3) is 0.667. The molecule has 148 valence electrons. The van der Waals surface area contributed by atoms with E-state index in [0.29, 0.717) is 0 Å². The maximum Gasteiger partial charge on any atom is 0.326 e. The molecule has 0 aromatic heterocycles. The van der Waals surface area contributed by atoms with Gasteiger partial charge in [-0.2, -0.15) is 0 Å². The summed E-state index contributed by atoms with van der Waals surface area (Å²) >= 11 is 0. The van der Waals surface area contributed by atoms with Gasteiger partial charge in [-0.25, -0.2) is 4.79 Å². The maximum absolute atomic E-state index is 11.9. The van der Waals surface area contributed by atoms with Gasteiger partial charge in [0.2, 0.25) is 17.7 Å². The molecule has 0 rings (SSSR count). The van der Waals surface area contributed by atoms with Gasteiger partial charge in [0, 0.05) is 6.42 Å². The van der Waals surface area contributed by atoms with Crippen molar-refractivity contribution in [2.24, 2.45) is 11.7 Å². The van der Waals surface area contributed by atoms with E-state index in [-0.39, 0.29) is 12.3 Å². The van der Waals surface area contributed by atoms with Gasteiger partial charge in [-0.3, -0.25) is 19.2 Å². The van der Waals surface area contributed by atoms with E-state index in [2.05, 4.69) is 16.0 Å². The number of carboxylic acid groups (broad SMARTS) is 2. The molecule has 0 heterocycles. The van der Waals surface area contributed by atoms with Gasteiger partial charge < -0.3 is 31.9 Å². The van der Waals surface area contributed by atoms with Gasteiger partial charge in [-0.05, 0) is 19.3 Å². The van der Waals surface area contributed by atoms with E-state index in [1.54, 1.807) is 13.8 Å². The molecule has 0 aliphatic rings. The zero-order valence-corrected chi connectivity index (χ0v) is 14.9. The van der Waals surface area contributed by atoms with Crippen LogP contribution in [0.3, 0.4) is 0 Å². The first-order chi connectivity index (χ1) is 12.0. The Morgan fingerprint density at radius 3 is 2.00 bits per heavy atom. The van der Waals surface area contributed by atoms with Gasteiger partial charge >= 0.3 is 11.9 Å². The third-order valence-electron chi connectivity index (χ3n) is 3.48. The first-order valence-corrected chi connectivity index (χ1v) is 8.03.